The van der Waals surface area contributed by atoms with Crippen molar-refractivity contribution < 1.29 is 4.42 Å². The topological polar surface area (TPSA) is 22.9 Å². The van der Waals surface area contributed by atoms with E-state index in [-0.39, 0.29) is 23.0 Å². The van der Waals surface area contributed by atoms with Gasteiger partial charge in [0.2, 0.25) is 0 Å². The molecule has 0 amide bonds. The van der Waals surface area contributed by atoms with E-state index in [0.717, 1.165) is 67.2 Å². The minimum absolute atomic E-state index is 0.0621. The fourth-order valence-electron chi connectivity index (χ4n) is 12.8. The third-order valence-corrected chi connectivity index (χ3v) is 16.7. The minimum Gasteiger partial charge on any atom is -0.456 e. The molecule has 1 aromatic heterocycles. The Morgan fingerprint density at radius 1 is 0.408 bits per heavy atom. The number of furan rings is 1. The third kappa shape index (κ3) is 7.12. The fourth-order valence-corrected chi connectivity index (χ4v) is 12.8. The van der Waals surface area contributed by atoms with Gasteiger partial charge < -0.3 is 19.1 Å². The van der Waals surface area contributed by atoms with Gasteiger partial charge in [-0.05, 0) is 163 Å². The number of nitrogens with zero attached hydrogens (tertiary/aromatic N) is 3. The van der Waals surface area contributed by atoms with Gasteiger partial charge in [-0.25, -0.2) is 0 Å². The molecule has 11 aromatic rings. The van der Waals surface area contributed by atoms with Crippen LogP contribution in [-0.4, -0.2) is 6.71 Å². The Morgan fingerprint density at radius 2 is 0.934 bits per heavy atom. The lowest BCUT2D eigenvalue weighted by molar-refractivity contribution is 0.590. The van der Waals surface area contributed by atoms with Gasteiger partial charge in [-0.15, -0.1) is 0 Å². The van der Waals surface area contributed by atoms with Crippen LogP contribution in [0.3, 0.4) is 0 Å². The van der Waals surface area contributed by atoms with E-state index < -0.39 is 0 Å². The quantitative estimate of drug-likeness (QED) is 0.155. The number of benzene rings is 10. The fraction of sp³-hybridized carbons (Fsp3) is 0.155. The lowest BCUT2D eigenvalue weighted by Gasteiger charge is -2.45. The second kappa shape index (κ2) is 16.7. The van der Waals surface area contributed by atoms with Crippen LogP contribution in [0.5, 0.6) is 0 Å². The second-order valence-electron chi connectivity index (χ2n) is 23.8. The summed E-state index contributed by atoms with van der Waals surface area (Å²) in [5.74, 6) is 0. The molecule has 3 heterocycles. The van der Waals surface area contributed by atoms with Crippen LogP contribution in [0.2, 0.25) is 0 Å². The Bertz CT molecular complexity index is 4080. The smallest absolute Gasteiger partial charge is 0.252 e. The molecule has 0 spiro atoms. The van der Waals surface area contributed by atoms with E-state index in [1.54, 1.807) is 0 Å². The summed E-state index contributed by atoms with van der Waals surface area (Å²) < 4.78 is 6.40. The van der Waals surface area contributed by atoms with E-state index in [1.807, 2.05) is 6.07 Å². The number of hydrogen-bond donors (Lipinski definition) is 0. The van der Waals surface area contributed by atoms with Crippen LogP contribution in [0, 0.1) is 0 Å². The van der Waals surface area contributed by atoms with E-state index in [4.69, 9.17) is 4.42 Å². The molecule has 0 radical (unpaired) electrons. The number of hydrogen-bond acceptors (Lipinski definition) is 4. The summed E-state index contributed by atoms with van der Waals surface area (Å²) in [4.78, 5) is 7.58. The zero-order valence-corrected chi connectivity index (χ0v) is 44.6. The first-order valence-corrected chi connectivity index (χ1v) is 26.9. The predicted molar refractivity (Wildman–Crippen MR) is 323 cm³/mol. The summed E-state index contributed by atoms with van der Waals surface area (Å²) in [5, 5.41) is 2.27. The summed E-state index contributed by atoms with van der Waals surface area (Å²) in [5.41, 5.74) is 25.9. The summed E-state index contributed by atoms with van der Waals surface area (Å²) >= 11 is 0. The molecule has 0 bridgehead atoms. The highest BCUT2D eigenvalue weighted by Gasteiger charge is 2.46. The first-order valence-electron chi connectivity index (χ1n) is 26.9. The molecule has 0 atom stereocenters. The maximum absolute atomic E-state index is 6.40. The van der Waals surface area contributed by atoms with E-state index >= 15 is 0 Å². The number of para-hydroxylation sites is 3. The molecule has 0 fully saturated rings. The maximum atomic E-state index is 6.40. The average molecular weight is 982 g/mol. The molecule has 14 rings (SSSR count). The van der Waals surface area contributed by atoms with Gasteiger partial charge in [0.15, 0.2) is 0 Å². The highest BCUT2D eigenvalue weighted by atomic mass is 16.3. The lowest BCUT2D eigenvalue weighted by atomic mass is 9.33. The second-order valence-corrected chi connectivity index (χ2v) is 23.8. The van der Waals surface area contributed by atoms with Gasteiger partial charge in [0.1, 0.15) is 11.2 Å². The molecule has 3 aliphatic rings. The Balaban J connectivity index is 1.05. The standard InChI is InChI=1S/C71H60BN3O/c1-69(2,3)47-30-37-62-60(40-47)72-61-41-48(70(4,5)6)31-38-63(61)75(52-34-36-55-54-23-15-17-25-58(54)71(7,8)59(55)42-52)65-44-53(73(49-19-11-9-12-20-49)50-21-13-10-14-22-50)43-64(68(65)72)74(62)51-32-27-45(28-33-51)46-29-35-57-56-24-16-18-26-66(56)76-67(57)39-46/h9-44H,1-8H3. The average Bonchev–Trinajstić information content (AvgIpc) is 3.96. The lowest BCUT2D eigenvalue weighted by Crippen LogP contribution is -2.61. The number of rotatable bonds is 6. The molecular weight excluding hydrogens is 922 g/mol. The van der Waals surface area contributed by atoms with Gasteiger partial charge in [-0.3, -0.25) is 0 Å². The van der Waals surface area contributed by atoms with Crippen molar-refractivity contribution in [2.45, 2.75) is 71.6 Å². The summed E-state index contributed by atoms with van der Waals surface area (Å²) in [6.45, 7) is 18.8. The van der Waals surface area contributed by atoms with Crippen LogP contribution in [0.25, 0.3) is 44.2 Å². The summed E-state index contributed by atoms with van der Waals surface area (Å²) in [6.07, 6.45) is 0. The molecule has 4 nitrogen and oxygen atoms in total. The Kier molecular flexibility index (Phi) is 10.1. The number of fused-ring (bicyclic) bond motifs is 10. The van der Waals surface area contributed by atoms with Crippen LogP contribution >= 0.6 is 0 Å². The number of anilines is 9. The van der Waals surface area contributed by atoms with Crippen molar-refractivity contribution in [3.05, 3.63) is 241 Å². The minimum atomic E-state index is -0.180. The van der Waals surface area contributed by atoms with E-state index in [2.05, 4.69) is 282 Å². The van der Waals surface area contributed by atoms with Crippen LogP contribution in [-0.2, 0) is 16.2 Å². The molecular formula is C71H60BN3O. The normalized spacial score (nSPS) is 14.1. The highest BCUT2D eigenvalue weighted by molar-refractivity contribution is 7.00. The molecule has 10 aromatic carbocycles. The summed E-state index contributed by atoms with van der Waals surface area (Å²) in [6, 6.07) is 81.6. The van der Waals surface area contributed by atoms with Crippen molar-refractivity contribution in [2.75, 3.05) is 14.7 Å². The molecule has 0 N–H and O–H groups in total. The first-order chi connectivity index (χ1) is 36.7. The molecule has 0 saturated carbocycles. The zero-order valence-electron chi connectivity index (χ0n) is 44.6. The monoisotopic (exact) mass is 981 g/mol. The van der Waals surface area contributed by atoms with Gasteiger partial charge in [-0.1, -0.05) is 183 Å². The predicted octanol–water partition coefficient (Wildman–Crippen LogP) is 17.7. The van der Waals surface area contributed by atoms with E-state index in [1.165, 1.54) is 66.8 Å². The molecule has 76 heavy (non-hydrogen) atoms. The van der Waals surface area contributed by atoms with Crippen LogP contribution in [0.15, 0.2) is 223 Å². The van der Waals surface area contributed by atoms with Crippen molar-refractivity contribution >= 4 is 96.2 Å². The van der Waals surface area contributed by atoms with Crippen LogP contribution in [0.1, 0.15) is 77.6 Å². The van der Waals surface area contributed by atoms with Crippen molar-refractivity contribution in [1.82, 2.24) is 0 Å². The van der Waals surface area contributed by atoms with Crippen molar-refractivity contribution in [1.29, 1.82) is 0 Å². The molecule has 2 aliphatic heterocycles. The van der Waals surface area contributed by atoms with Crippen LogP contribution in [0.4, 0.5) is 51.2 Å². The van der Waals surface area contributed by atoms with Crippen LogP contribution < -0.4 is 31.1 Å². The third-order valence-electron chi connectivity index (χ3n) is 16.7. The highest BCUT2D eigenvalue weighted by Crippen LogP contribution is 2.53. The molecule has 368 valence electrons. The van der Waals surface area contributed by atoms with Crippen molar-refractivity contribution in [2.24, 2.45) is 0 Å². The SMILES string of the molecule is CC(C)(C)c1ccc2c(c1)B1c3cc(C(C)(C)C)ccc3N(c3ccc4c(c3)C(C)(C)c3ccccc3-4)c3cc(N(c4ccccc4)c4ccccc4)cc(c31)N2c1ccc(-c2ccc3c(c2)oc2ccccc23)cc1. The molecule has 0 unspecified atom stereocenters. The van der Waals surface area contributed by atoms with Crippen molar-refractivity contribution in [3.8, 4) is 22.3 Å². The van der Waals surface area contributed by atoms with Gasteiger partial charge in [0, 0.05) is 61.7 Å². The Labute approximate surface area is 447 Å². The first kappa shape index (κ1) is 46.0. The molecule has 5 heteroatoms. The largest absolute Gasteiger partial charge is 0.456 e. The van der Waals surface area contributed by atoms with Crippen molar-refractivity contribution in [3.63, 3.8) is 0 Å². The summed E-state index contributed by atoms with van der Waals surface area (Å²) in [7, 11) is 0. The molecule has 0 saturated heterocycles. The van der Waals surface area contributed by atoms with Gasteiger partial charge in [0.25, 0.3) is 6.71 Å². The van der Waals surface area contributed by atoms with E-state index in [0.29, 0.717) is 0 Å². The zero-order chi connectivity index (χ0) is 51.8. The van der Waals surface area contributed by atoms with Gasteiger partial charge in [-0.2, -0.15) is 0 Å². The Hall–Kier alpha value is -8.54. The van der Waals surface area contributed by atoms with E-state index in [9.17, 15) is 0 Å². The maximum Gasteiger partial charge on any atom is 0.252 e. The molecule has 1 aliphatic carbocycles. The van der Waals surface area contributed by atoms with Gasteiger partial charge in [0.05, 0.1) is 5.69 Å². The Morgan fingerprint density at radius 3 is 1.57 bits per heavy atom. The van der Waals surface area contributed by atoms with Gasteiger partial charge >= 0.3 is 0 Å².